The lowest BCUT2D eigenvalue weighted by atomic mass is 10.1. The zero-order valence-electron chi connectivity index (χ0n) is 15.2. The van der Waals surface area contributed by atoms with Crippen molar-refractivity contribution >= 4 is 17.5 Å². The number of hydrogen-bond acceptors (Lipinski definition) is 3. The van der Waals surface area contributed by atoms with Gasteiger partial charge in [-0.25, -0.2) is 4.39 Å². The predicted octanol–water partition coefficient (Wildman–Crippen LogP) is 2.20. The van der Waals surface area contributed by atoms with Crippen LogP contribution in [0.3, 0.4) is 0 Å². The van der Waals surface area contributed by atoms with Gasteiger partial charge in [0.15, 0.2) is 0 Å². The van der Waals surface area contributed by atoms with Crippen LogP contribution in [-0.4, -0.2) is 34.2 Å². The minimum Gasteiger partial charge on any atom is -0.351 e. The Kier molecular flexibility index (Phi) is 5.06. The second kappa shape index (κ2) is 7.27. The van der Waals surface area contributed by atoms with E-state index < -0.39 is 11.7 Å². The lowest BCUT2D eigenvalue weighted by Crippen LogP contribution is -2.40. The summed E-state index contributed by atoms with van der Waals surface area (Å²) in [6.07, 6.45) is 0.134. The summed E-state index contributed by atoms with van der Waals surface area (Å²) >= 11 is 0. The van der Waals surface area contributed by atoms with Crippen molar-refractivity contribution in [3.05, 3.63) is 47.5 Å². The zero-order chi connectivity index (χ0) is 18.8. The molecule has 3 rings (SSSR count). The highest BCUT2D eigenvalue weighted by Gasteiger charge is 2.35. The Morgan fingerprint density at radius 2 is 2.15 bits per heavy atom. The quantitative estimate of drug-likeness (QED) is 0.891. The van der Waals surface area contributed by atoms with E-state index in [-0.39, 0.29) is 30.8 Å². The highest BCUT2D eigenvalue weighted by molar-refractivity contribution is 6.00. The Bertz CT molecular complexity index is 833. The standard InChI is InChI=1S/C19H23FN4O2/c1-12-7-14(3)24(22-12)10-13(2)21-19(26)15-8-18(25)23(11-15)17-6-4-5-16(20)9-17/h4-7,9,13,15H,8,10-11H2,1-3H3,(H,21,26)/t13-,15-/m1/s1. The first-order valence-electron chi connectivity index (χ1n) is 8.71. The number of aryl methyl sites for hydroxylation is 2. The molecule has 0 radical (unpaired) electrons. The van der Waals surface area contributed by atoms with Crippen molar-refractivity contribution in [2.24, 2.45) is 5.92 Å². The first-order valence-corrected chi connectivity index (χ1v) is 8.71. The predicted molar refractivity (Wildman–Crippen MR) is 96.2 cm³/mol. The van der Waals surface area contributed by atoms with Gasteiger partial charge in [-0.1, -0.05) is 6.07 Å². The van der Waals surface area contributed by atoms with Gasteiger partial charge in [0, 0.05) is 30.4 Å². The number of halogens is 1. The lowest BCUT2D eigenvalue weighted by molar-refractivity contribution is -0.126. The van der Waals surface area contributed by atoms with Gasteiger partial charge in [-0.3, -0.25) is 14.3 Å². The Labute approximate surface area is 152 Å². The largest absolute Gasteiger partial charge is 0.351 e. The van der Waals surface area contributed by atoms with E-state index in [9.17, 15) is 14.0 Å². The normalized spacial score (nSPS) is 18.2. The summed E-state index contributed by atoms with van der Waals surface area (Å²) in [5.74, 6) is -1.16. The molecular formula is C19H23FN4O2. The second-order valence-electron chi connectivity index (χ2n) is 6.90. The van der Waals surface area contributed by atoms with Crippen molar-refractivity contribution in [1.82, 2.24) is 15.1 Å². The number of benzene rings is 1. The van der Waals surface area contributed by atoms with Crippen LogP contribution >= 0.6 is 0 Å². The highest BCUT2D eigenvalue weighted by atomic mass is 19.1. The van der Waals surface area contributed by atoms with Crippen LogP contribution in [0.5, 0.6) is 0 Å². The number of anilines is 1. The molecule has 0 unspecified atom stereocenters. The molecule has 0 bridgehead atoms. The summed E-state index contributed by atoms with van der Waals surface area (Å²) in [6.45, 7) is 6.65. The smallest absolute Gasteiger partial charge is 0.227 e. The van der Waals surface area contributed by atoms with Crippen LogP contribution in [0.25, 0.3) is 0 Å². The molecule has 0 spiro atoms. The summed E-state index contributed by atoms with van der Waals surface area (Å²) in [7, 11) is 0. The van der Waals surface area contributed by atoms with Crippen LogP contribution in [-0.2, 0) is 16.1 Å². The average Bonchev–Trinajstić information content (AvgIpc) is 3.09. The van der Waals surface area contributed by atoms with E-state index in [1.807, 2.05) is 31.5 Å². The molecule has 2 aromatic rings. The third-order valence-electron chi connectivity index (χ3n) is 4.55. The van der Waals surface area contributed by atoms with Crippen LogP contribution < -0.4 is 10.2 Å². The number of rotatable bonds is 5. The molecular weight excluding hydrogens is 335 g/mol. The van der Waals surface area contributed by atoms with E-state index in [0.29, 0.717) is 12.2 Å². The third-order valence-corrected chi connectivity index (χ3v) is 4.55. The maximum absolute atomic E-state index is 13.4. The van der Waals surface area contributed by atoms with Crippen molar-refractivity contribution in [3.8, 4) is 0 Å². The number of nitrogens with zero attached hydrogens (tertiary/aromatic N) is 3. The lowest BCUT2D eigenvalue weighted by Gasteiger charge is -2.19. The molecule has 2 amide bonds. The Morgan fingerprint density at radius 3 is 2.81 bits per heavy atom. The summed E-state index contributed by atoms with van der Waals surface area (Å²) in [6, 6.07) is 7.74. The molecule has 2 heterocycles. The molecule has 1 aromatic carbocycles. The molecule has 7 heteroatoms. The van der Waals surface area contributed by atoms with Gasteiger partial charge in [0.25, 0.3) is 0 Å². The monoisotopic (exact) mass is 358 g/mol. The number of amides is 2. The van der Waals surface area contributed by atoms with Gasteiger partial charge < -0.3 is 10.2 Å². The summed E-state index contributed by atoms with van der Waals surface area (Å²) in [4.78, 5) is 26.2. The molecule has 1 fully saturated rings. The summed E-state index contributed by atoms with van der Waals surface area (Å²) in [5, 5.41) is 7.35. The van der Waals surface area contributed by atoms with E-state index in [0.717, 1.165) is 11.4 Å². The van der Waals surface area contributed by atoms with Gasteiger partial charge in [0.05, 0.1) is 18.2 Å². The maximum Gasteiger partial charge on any atom is 0.227 e. The van der Waals surface area contributed by atoms with Gasteiger partial charge in [-0.2, -0.15) is 5.10 Å². The van der Waals surface area contributed by atoms with Crippen LogP contribution in [0.15, 0.2) is 30.3 Å². The maximum atomic E-state index is 13.4. The summed E-state index contributed by atoms with van der Waals surface area (Å²) < 4.78 is 15.3. The molecule has 1 aliphatic heterocycles. The van der Waals surface area contributed by atoms with E-state index in [2.05, 4.69) is 10.4 Å². The average molecular weight is 358 g/mol. The van der Waals surface area contributed by atoms with Gasteiger partial charge >= 0.3 is 0 Å². The van der Waals surface area contributed by atoms with Gasteiger partial charge in [0.1, 0.15) is 5.82 Å². The fourth-order valence-electron chi connectivity index (χ4n) is 3.30. The molecule has 26 heavy (non-hydrogen) atoms. The van der Waals surface area contributed by atoms with Crippen molar-refractivity contribution < 1.29 is 14.0 Å². The number of carbonyl (C=O) groups is 2. The Hall–Kier alpha value is -2.70. The van der Waals surface area contributed by atoms with Crippen LogP contribution in [0.2, 0.25) is 0 Å². The molecule has 0 aliphatic carbocycles. The van der Waals surface area contributed by atoms with E-state index >= 15 is 0 Å². The fraction of sp³-hybridized carbons (Fsp3) is 0.421. The fourth-order valence-corrected chi connectivity index (χ4v) is 3.30. The van der Waals surface area contributed by atoms with Crippen LogP contribution in [0, 0.1) is 25.6 Å². The number of carbonyl (C=O) groups excluding carboxylic acids is 2. The molecule has 1 aromatic heterocycles. The number of hydrogen-bond donors (Lipinski definition) is 1. The summed E-state index contributed by atoms with van der Waals surface area (Å²) in [5.41, 5.74) is 2.46. The molecule has 1 saturated heterocycles. The minimum atomic E-state index is -0.436. The SMILES string of the molecule is Cc1cc(C)n(C[C@@H](C)NC(=O)[C@@H]2CC(=O)N(c3cccc(F)c3)C2)n1. The van der Waals surface area contributed by atoms with Crippen molar-refractivity contribution in [1.29, 1.82) is 0 Å². The number of aromatic nitrogens is 2. The molecule has 0 saturated carbocycles. The van der Waals surface area contributed by atoms with Crippen LogP contribution in [0.4, 0.5) is 10.1 Å². The van der Waals surface area contributed by atoms with Crippen molar-refractivity contribution in [2.45, 2.75) is 39.8 Å². The topological polar surface area (TPSA) is 67.2 Å². The molecule has 1 N–H and O–H groups in total. The van der Waals surface area contributed by atoms with Crippen molar-refractivity contribution in [3.63, 3.8) is 0 Å². The highest BCUT2D eigenvalue weighted by Crippen LogP contribution is 2.25. The first-order chi connectivity index (χ1) is 12.3. The van der Waals surface area contributed by atoms with Gasteiger partial charge in [0.2, 0.25) is 11.8 Å². The molecule has 2 atom stereocenters. The Morgan fingerprint density at radius 1 is 1.38 bits per heavy atom. The van der Waals surface area contributed by atoms with Gasteiger partial charge in [-0.05, 0) is 45.0 Å². The van der Waals surface area contributed by atoms with Crippen LogP contribution in [0.1, 0.15) is 24.7 Å². The third kappa shape index (κ3) is 3.92. The zero-order valence-corrected chi connectivity index (χ0v) is 15.2. The number of nitrogens with one attached hydrogen (secondary N) is 1. The molecule has 6 nitrogen and oxygen atoms in total. The second-order valence-corrected chi connectivity index (χ2v) is 6.90. The van der Waals surface area contributed by atoms with Gasteiger partial charge in [-0.15, -0.1) is 0 Å². The molecule has 138 valence electrons. The van der Waals surface area contributed by atoms with E-state index in [1.54, 1.807) is 12.1 Å². The van der Waals surface area contributed by atoms with E-state index in [4.69, 9.17) is 0 Å². The minimum absolute atomic E-state index is 0.112. The van der Waals surface area contributed by atoms with E-state index in [1.165, 1.54) is 17.0 Å². The van der Waals surface area contributed by atoms with Crippen molar-refractivity contribution in [2.75, 3.05) is 11.4 Å². The Balaban J connectivity index is 1.60. The first kappa shape index (κ1) is 18.1. The molecule has 1 aliphatic rings.